The van der Waals surface area contributed by atoms with E-state index in [9.17, 15) is 10.2 Å². The zero-order valence-corrected chi connectivity index (χ0v) is 14.4. The molecule has 2 aromatic carbocycles. The molecular formula is C20H26O2. The first-order valence-corrected chi connectivity index (χ1v) is 7.89. The lowest BCUT2D eigenvalue weighted by Crippen LogP contribution is -1.99. The molecule has 0 aliphatic carbocycles. The molecule has 0 radical (unpaired) electrons. The monoisotopic (exact) mass is 298 g/mol. The maximum Gasteiger partial charge on any atom is 0.119 e. The Kier molecular flexibility index (Phi) is 4.50. The quantitative estimate of drug-likeness (QED) is 0.771. The minimum absolute atomic E-state index is 0.263. The third-order valence-electron chi connectivity index (χ3n) is 4.24. The van der Waals surface area contributed by atoms with Gasteiger partial charge in [-0.1, -0.05) is 27.7 Å². The first-order valence-electron chi connectivity index (χ1n) is 7.89. The molecule has 2 nitrogen and oxygen atoms in total. The van der Waals surface area contributed by atoms with E-state index in [1.807, 2.05) is 32.0 Å². The van der Waals surface area contributed by atoms with Crippen LogP contribution in [0.1, 0.15) is 61.8 Å². The number of rotatable bonds is 3. The van der Waals surface area contributed by atoms with E-state index in [0.29, 0.717) is 17.4 Å². The molecule has 2 aromatic rings. The smallest absolute Gasteiger partial charge is 0.119 e. The average Bonchev–Trinajstić information content (AvgIpc) is 2.38. The highest BCUT2D eigenvalue weighted by Crippen LogP contribution is 2.40. The molecule has 0 saturated carbocycles. The zero-order valence-electron chi connectivity index (χ0n) is 14.4. The van der Waals surface area contributed by atoms with Gasteiger partial charge in [-0.25, -0.2) is 0 Å². The Bertz CT molecular complexity index is 697. The highest BCUT2D eigenvalue weighted by molar-refractivity contribution is 5.77. The van der Waals surface area contributed by atoms with Crippen LogP contribution in [0.2, 0.25) is 0 Å². The van der Waals surface area contributed by atoms with Crippen molar-refractivity contribution in [2.45, 2.75) is 53.4 Å². The summed E-state index contributed by atoms with van der Waals surface area (Å²) >= 11 is 0. The van der Waals surface area contributed by atoms with Gasteiger partial charge >= 0.3 is 0 Å². The van der Waals surface area contributed by atoms with E-state index < -0.39 is 0 Å². The molecule has 0 amide bonds. The third-order valence-corrected chi connectivity index (χ3v) is 4.24. The fourth-order valence-corrected chi connectivity index (χ4v) is 3.06. The zero-order chi connectivity index (χ0) is 16.6. The predicted molar refractivity (Wildman–Crippen MR) is 92.9 cm³/mol. The Morgan fingerprint density at radius 1 is 0.727 bits per heavy atom. The molecule has 2 N–H and O–H groups in total. The van der Waals surface area contributed by atoms with Gasteiger partial charge in [0.05, 0.1) is 0 Å². The first kappa shape index (κ1) is 16.4. The maximum atomic E-state index is 10.2. The van der Waals surface area contributed by atoms with Crippen molar-refractivity contribution in [3.8, 4) is 22.6 Å². The Balaban J connectivity index is 2.79. The van der Waals surface area contributed by atoms with Crippen molar-refractivity contribution in [2.24, 2.45) is 0 Å². The van der Waals surface area contributed by atoms with Gasteiger partial charge in [-0.05, 0) is 83.3 Å². The summed E-state index contributed by atoms with van der Waals surface area (Å²) in [6, 6.07) is 7.61. The minimum Gasteiger partial charge on any atom is -0.508 e. The Hall–Kier alpha value is -1.96. The van der Waals surface area contributed by atoms with Crippen molar-refractivity contribution in [3.63, 3.8) is 0 Å². The summed E-state index contributed by atoms with van der Waals surface area (Å²) in [7, 11) is 0. The summed E-state index contributed by atoms with van der Waals surface area (Å²) < 4.78 is 0. The standard InChI is InChI=1S/C20H26O2/c1-11(2)16-10-18(13(5)8-19(16)22)20-14(6)7-15(21)9-17(20)12(3)4/h7-12,21-22H,1-6H3. The van der Waals surface area contributed by atoms with Gasteiger partial charge in [-0.2, -0.15) is 0 Å². The van der Waals surface area contributed by atoms with E-state index in [0.717, 1.165) is 27.8 Å². The molecule has 0 atom stereocenters. The van der Waals surface area contributed by atoms with Crippen LogP contribution in [0.3, 0.4) is 0 Å². The minimum atomic E-state index is 0.263. The van der Waals surface area contributed by atoms with Crippen molar-refractivity contribution >= 4 is 0 Å². The fourth-order valence-electron chi connectivity index (χ4n) is 3.06. The van der Waals surface area contributed by atoms with Gasteiger partial charge in [0.25, 0.3) is 0 Å². The van der Waals surface area contributed by atoms with Gasteiger partial charge in [0, 0.05) is 0 Å². The van der Waals surface area contributed by atoms with Crippen molar-refractivity contribution in [3.05, 3.63) is 46.5 Å². The normalized spacial score (nSPS) is 11.5. The molecule has 0 aromatic heterocycles. The topological polar surface area (TPSA) is 40.5 Å². The molecule has 0 aliphatic rings. The van der Waals surface area contributed by atoms with Crippen LogP contribution in [-0.4, -0.2) is 10.2 Å². The lowest BCUT2D eigenvalue weighted by molar-refractivity contribution is 0.464. The van der Waals surface area contributed by atoms with Crippen LogP contribution < -0.4 is 0 Å². The highest BCUT2D eigenvalue weighted by Gasteiger charge is 2.17. The predicted octanol–water partition coefficient (Wildman–Crippen LogP) is 5.63. The number of aryl methyl sites for hydroxylation is 2. The second-order valence-electron chi connectivity index (χ2n) is 6.76. The SMILES string of the molecule is Cc1cc(O)c(C(C)C)cc1-c1c(C)cc(O)cc1C(C)C. The van der Waals surface area contributed by atoms with Crippen LogP contribution >= 0.6 is 0 Å². The van der Waals surface area contributed by atoms with Crippen molar-refractivity contribution in [2.75, 3.05) is 0 Å². The summed E-state index contributed by atoms with van der Waals surface area (Å²) in [5.74, 6) is 1.25. The summed E-state index contributed by atoms with van der Waals surface area (Å²) in [5, 5.41) is 20.1. The number of aromatic hydroxyl groups is 2. The molecule has 0 saturated heterocycles. The Morgan fingerprint density at radius 2 is 1.32 bits per heavy atom. The number of hydrogen-bond acceptors (Lipinski definition) is 2. The molecule has 0 unspecified atom stereocenters. The molecule has 0 fully saturated rings. The number of phenols is 2. The van der Waals surface area contributed by atoms with Gasteiger partial charge < -0.3 is 10.2 Å². The lowest BCUT2D eigenvalue weighted by Gasteiger charge is -2.20. The van der Waals surface area contributed by atoms with E-state index in [1.54, 1.807) is 0 Å². The van der Waals surface area contributed by atoms with Gasteiger partial charge in [0.2, 0.25) is 0 Å². The molecule has 0 spiro atoms. The van der Waals surface area contributed by atoms with E-state index >= 15 is 0 Å². The van der Waals surface area contributed by atoms with Gasteiger partial charge in [-0.3, -0.25) is 0 Å². The number of phenolic OH excluding ortho intramolecular Hbond substituents is 2. The van der Waals surface area contributed by atoms with Crippen LogP contribution in [-0.2, 0) is 0 Å². The summed E-state index contributed by atoms with van der Waals surface area (Å²) in [6.45, 7) is 12.5. The molecule has 0 aliphatic heterocycles. The van der Waals surface area contributed by atoms with Crippen LogP contribution in [0, 0.1) is 13.8 Å². The van der Waals surface area contributed by atoms with E-state index in [-0.39, 0.29) is 5.92 Å². The highest BCUT2D eigenvalue weighted by atomic mass is 16.3. The van der Waals surface area contributed by atoms with Crippen molar-refractivity contribution < 1.29 is 10.2 Å². The number of benzene rings is 2. The molecular weight excluding hydrogens is 272 g/mol. The van der Waals surface area contributed by atoms with E-state index in [1.165, 1.54) is 5.56 Å². The van der Waals surface area contributed by atoms with Gasteiger partial charge in [0.15, 0.2) is 0 Å². The third kappa shape index (κ3) is 2.96. The Labute approximate surface area is 133 Å². The molecule has 2 heteroatoms. The van der Waals surface area contributed by atoms with Crippen LogP contribution in [0.15, 0.2) is 24.3 Å². The van der Waals surface area contributed by atoms with Crippen molar-refractivity contribution in [1.82, 2.24) is 0 Å². The molecule has 0 heterocycles. The van der Waals surface area contributed by atoms with Gasteiger partial charge in [0.1, 0.15) is 11.5 Å². The molecule has 2 rings (SSSR count). The first-order chi connectivity index (χ1) is 10.2. The van der Waals surface area contributed by atoms with Gasteiger partial charge in [-0.15, -0.1) is 0 Å². The lowest BCUT2D eigenvalue weighted by atomic mass is 9.85. The number of hydrogen-bond donors (Lipinski definition) is 2. The summed E-state index contributed by atoms with van der Waals surface area (Å²) in [6.07, 6.45) is 0. The van der Waals surface area contributed by atoms with Crippen molar-refractivity contribution in [1.29, 1.82) is 0 Å². The van der Waals surface area contributed by atoms with Crippen LogP contribution in [0.25, 0.3) is 11.1 Å². The second kappa shape index (κ2) is 6.04. The fraction of sp³-hybridized carbons (Fsp3) is 0.400. The largest absolute Gasteiger partial charge is 0.508 e. The summed E-state index contributed by atoms with van der Waals surface area (Å²) in [4.78, 5) is 0. The molecule has 0 bridgehead atoms. The Morgan fingerprint density at radius 3 is 1.86 bits per heavy atom. The molecule has 22 heavy (non-hydrogen) atoms. The van der Waals surface area contributed by atoms with E-state index in [4.69, 9.17) is 0 Å². The maximum absolute atomic E-state index is 10.2. The second-order valence-corrected chi connectivity index (χ2v) is 6.76. The average molecular weight is 298 g/mol. The van der Waals surface area contributed by atoms with Crippen LogP contribution in [0.5, 0.6) is 11.5 Å². The van der Waals surface area contributed by atoms with Crippen LogP contribution in [0.4, 0.5) is 0 Å². The van der Waals surface area contributed by atoms with E-state index in [2.05, 4.69) is 33.8 Å². The molecule has 118 valence electrons. The summed E-state index contributed by atoms with van der Waals surface area (Å²) in [5.41, 5.74) is 6.53.